The fraction of sp³-hybridized carbons (Fsp3) is 0.0588. The first-order valence-corrected chi connectivity index (χ1v) is 6.67. The Morgan fingerprint density at radius 1 is 1.10 bits per heavy atom. The van der Waals surface area contributed by atoms with Gasteiger partial charge in [-0.1, -0.05) is 30.3 Å². The number of rotatable bonds is 2. The number of fused-ring (bicyclic) bond motifs is 1. The van der Waals surface area contributed by atoms with E-state index in [-0.39, 0.29) is 5.91 Å². The number of nitrogens with zero attached hydrogens (tertiary/aromatic N) is 1. The topological polar surface area (TPSA) is 68.0 Å². The maximum atomic E-state index is 12.5. The van der Waals surface area contributed by atoms with Gasteiger partial charge in [0.05, 0.1) is 22.5 Å². The minimum absolute atomic E-state index is 0.208. The molecule has 3 rings (SSSR count). The number of nitrogens with two attached hydrogens (primary N) is 1. The molecule has 0 aliphatic rings. The Bertz CT molecular complexity index is 802. The second-order valence-electron chi connectivity index (χ2n) is 4.87. The van der Waals surface area contributed by atoms with Crippen molar-refractivity contribution in [3.8, 4) is 0 Å². The number of hydrogen-bond acceptors (Lipinski definition) is 3. The number of para-hydroxylation sites is 2. The molecule has 4 nitrogen and oxygen atoms in total. The molecule has 1 aromatic heterocycles. The Hall–Kier alpha value is -2.88. The van der Waals surface area contributed by atoms with Crippen molar-refractivity contribution in [1.82, 2.24) is 4.98 Å². The average Bonchev–Trinajstić information content (AvgIpc) is 2.50. The lowest BCUT2D eigenvalue weighted by Gasteiger charge is -2.12. The van der Waals surface area contributed by atoms with Crippen LogP contribution in [0.25, 0.3) is 10.9 Å². The molecule has 1 heterocycles. The summed E-state index contributed by atoms with van der Waals surface area (Å²) >= 11 is 0. The van der Waals surface area contributed by atoms with E-state index in [0.29, 0.717) is 22.5 Å². The van der Waals surface area contributed by atoms with Crippen LogP contribution in [0.1, 0.15) is 15.9 Å². The van der Waals surface area contributed by atoms with Crippen molar-refractivity contribution in [3.05, 3.63) is 65.9 Å². The summed E-state index contributed by atoms with van der Waals surface area (Å²) in [6.07, 6.45) is 1.68. The molecule has 1 amide bonds. The first kappa shape index (κ1) is 13.1. The van der Waals surface area contributed by atoms with Crippen molar-refractivity contribution in [3.63, 3.8) is 0 Å². The number of amides is 1. The summed E-state index contributed by atoms with van der Waals surface area (Å²) in [4.78, 5) is 16.8. The lowest BCUT2D eigenvalue weighted by molar-refractivity contribution is 0.102. The van der Waals surface area contributed by atoms with Crippen molar-refractivity contribution < 1.29 is 4.79 Å². The number of carbonyl (C=O) groups excluding carboxylic acids is 1. The molecule has 0 bridgehead atoms. The van der Waals surface area contributed by atoms with Crippen LogP contribution in [0, 0.1) is 6.92 Å². The molecular formula is C17H15N3O. The van der Waals surface area contributed by atoms with E-state index in [1.165, 1.54) is 0 Å². The molecule has 0 aliphatic carbocycles. The van der Waals surface area contributed by atoms with Gasteiger partial charge in [0.15, 0.2) is 0 Å². The van der Waals surface area contributed by atoms with Crippen molar-refractivity contribution in [2.45, 2.75) is 6.92 Å². The largest absolute Gasteiger partial charge is 0.397 e. The second kappa shape index (κ2) is 5.25. The summed E-state index contributed by atoms with van der Waals surface area (Å²) in [5.74, 6) is -0.208. The summed E-state index contributed by atoms with van der Waals surface area (Å²) in [5.41, 5.74) is 9.28. The third kappa shape index (κ3) is 2.43. The van der Waals surface area contributed by atoms with Gasteiger partial charge in [-0.25, -0.2) is 0 Å². The molecule has 0 saturated carbocycles. The van der Waals surface area contributed by atoms with Crippen LogP contribution in [0.5, 0.6) is 0 Å². The highest BCUT2D eigenvalue weighted by Crippen LogP contribution is 2.24. The summed E-state index contributed by atoms with van der Waals surface area (Å²) in [7, 11) is 0. The van der Waals surface area contributed by atoms with Crippen molar-refractivity contribution in [2.24, 2.45) is 0 Å². The highest BCUT2D eigenvalue weighted by atomic mass is 16.1. The molecule has 4 heteroatoms. The molecule has 0 spiro atoms. The van der Waals surface area contributed by atoms with Crippen LogP contribution in [0.2, 0.25) is 0 Å². The normalized spacial score (nSPS) is 10.5. The van der Waals surface area contributed by atoms with Gasteiger partial charge in [-0.3, -0.25) is 9.78 Å². The maximum absolute atomic E-state index is 12.5. The number of anilines is 2. The van der Waals surface area contributed by atoms with Gasteiger partial charge in [-0.15, -0.1) is 0 Å². The molecule has 0 radical (unpaired) electrons. The standard InChI is InChI=1S/C17H15N3O/c1-11-5-2-9-14(18)15(11)20-17(21)13-8-3-6-12-7-4-10-19-16(12)13/h2-10H,18H2,1H3,(H,20,21). The second-order valence-corrected chi connectivity index (χ2v) is 4.87. The fourth-order valence-corrected chi connectivity index (χ4v) is 2.33. The van der Waals surface area contributed by atoms with Crippen molar-refractivity contribution in [2.75, 3.05) is 11.1 Å². The van der Waals surface area contributed by atoms with E-state index in [1.54, 1.807) is 18.3 Å². The van der Waals surface area contributed by atoms with E-state index >= 15 is 0 Å². The van der Waals surface area contributed by atoms with Crippen LogP contribution in [0.15, 0.2) is 54.7 Å². The van der Waals surface area contributed by atoms with Crippen LogP contribution >= 0.6 is 0 Å². The first-order valence-electron chi connectivity index (χ1n) is 6.67. The molecule has 0 fully saturated rings. The maximum Gasteiger partial charge on any atom is 0.257 e. The number of nitrogen functional groups attached to an aromatic ring is 1. The van der Waals surface area contributed by atoms with Crippen LogP contribution < -0.4 is 11.1 Å². The van der Waals surface area contributed by atoms with Gasteiger partial charge in [0, 0.05) is 11.6 Å². The molecule has 21 heavy (non-hydrogen) atoms. The van der Waals surface area contributed by atoms with E-state index in [9.17, 15) is 4.79 Å². The third-order valence-electron chi connectivity index (χ3n) is 3.42. The Labute approximate surface area is 122 Å². The lowest BCUT2D eigenvalue weighted by Crippen LogP contribution is -2.15. The zero-order valence-electron chi connectivity index (χ0n) is 11.6. The van der Waals surface area contributed by atoms with E-state index in [4.69, 9.17) is 5.73 Å². The number of aryl methyl sites for hydroxylation is 1. The molecule has 2 aromatic carbocycles. The number of pyridine rings is 1. The van der Waals surface area contributed by atoms with Gasteiger partial charge >= 0.3 is 0 Å². The SMILES string of the molecule is Cc1cccc(N)c1NC(=O)c1cccc2cccnc12. The Morgan fingerprint density at radius 2 is 1.86 bits per heavy atom. The number of aromatic nitrogens is 1. The van der Waals surface area contributed by atoms with E-state index in [1.807, 2.05) is 43.3 Å². The molecule has 3 N–H and O–H groups in total. The van der Waals surface area contributed by atoms with Gasteiger partial charge < -0.3 is 11.1 Å². The van der Waals surface area contributed by atoms with Crippen LogP contribution in [-0.4, -0.2) is 10.9 Å². The van der Waals surface area contributed by atoms with Gasteiger partial charge in [0.1, 0.15) is 0 Å². The molecule has 0 saturated heterocycles. The molecule has 104 valence electrons. The van der Waals surface area contributed by atoms with Crippen molar-refractivity contribution in [1.29, 1.82) is 0 Å². The van der Waals surface area contributed by atoms with Gasteiger partial charge in [0.2, 0.25) is 0 Å². The highest BCUT2D eigenvalue weighted by molar-refractivity contribution is 6.12. The van der Waals surface area contributed by atoms with E-state index in [0.717, 1.165) is 10.9 Å². The number of benzene rings is 2. The monoisotopic (exact) mass is 277 g/mol. The Balaban J connectivity index is 2.02. The molecule has 3 aromatic rings. The summed E-state index contributed by atoms with van der Waals surface area (Å²) in [6.45, 7) is 1.91. The van der Waals surface area contributed by atoms with E-state index in [2.05, 4.69) is 10.3 Å². The number of carbonyl (C=O) groups is 1. The van der Waals surface area contributed by atoms with Crippen LogP contribution in [0.3, 0.4) is 0 Å². The average molecular weight is 277 g/mol. The smallest absolute Gasteiger partial charge is 0.257 e. The zero-order valence-corrected chi connectivity index (χ0v) is 11.6. The van der Waals surface area contributed by atoms with Crippen LogP contribution in [-0.2, 0) is 0 Å². The van der Waals surface area contributed by atoms with Gasteiger partial charge in [-0.05, 0) is 30.7 Å². The Morgan fingerprint density at radius 3 is 2.67 bits per heavy atom. The third-order valence-corrected chi connectivity index (χ3v) is 3.42. The van der Waals surface area contributed by atoms with Gasteiger partial charge in [0.25, 0.3) is 5.91 Å². The minimum atomic E-state index is -0.208. The predicted molar refractivity (Wildman–Crippen MR) is 85.3 cm³/mol. The first-order chi connectivity index (χ1) is 10.2. The number of hydrogen-bond donors (Lipinski definition) is 2. The summed E-state index contributed by atoms with van der Waals surface area (Å²) < 4.78 is 0. The molecular weight excluding hydrogens is 262 g/mol. The van der Waals surface area contributed by atoms with Crippen LogP contribution in [0.4, 0.5) is 11.4 Å². The molecule has 0 atom stereocenters. The highest BCUT2D eigenvalue weighted by Gasteiger charge is 2.13. The fourth-order valence-electron chi connectivity index (χ4n) is 2.33. The number of nitrogens with one attached hydrogen (secondary N) is 1. The lowest BCUT2D eigenvalue weighted by atomic mass is 10.1. The molecule has 0 aliphatic heterocycles. The zero-order chi connectivity index (χ0) is 14.8. The molecule has 0 unspecified atom stereocenters. The van der Waals surface area contributed by atoms with E-state index < -0.39 is 0 Å². The van der Waals surface area contributed by atoms with Gasteiger partial charge in [-0.2, -0.15) is 0 Å². The quantitative estimate of drug-likeness (QED) is 0.706. The summed E-state index contributed by atoms with van der Waals surface area (Å²) in [6, 6.07) is 14.9. The summed E-state index contributed by atoms with van der Waals surface area (Å²) in [5, 5.41) is 3.82. The predicted octanol–water partition coefficient (Wildman–Crippen LogP) is 3.38. The van der Waals surface area contributed by atoms with Crippen molar-refractivity contribution >= 4 is 28.2 Å². The Kier molecular flexibility index (Phi) is 3.28. The minimum Gasteiger partial charge on any atom is -0.397 e.